The largest absolute Gasteiger partial charge is 0.379 e. The Morgan fingerprint density at radius 1 is 1.25 bits per heavy atom. The highest BCUT2D eigenvalue weighted by Gasteiger charge is 2.27. The van der Waals surface area contributed by atoms with Gasteiger partial charge in [0.25, 0.3) is 0 Å². The Morgan fingerprint density at radius 2 is 2.08 bits per heavy atom. The van der Waals surface area contributed by atoms with Crippen LogP contribution >= 0.6 is 11.3 Å². The predicted octanol–water partition coefficient (Wildman–Crippen LogP) is 3.45. The molecule has 3 unspecified atom stereocenters. The Hall–Kier alpha value is -2.60. The van der Waals surface area contributed by atoms with Gasteiger partial charge in [-0.25, -0.2) is 4.98 Å². The number of nitrogens with one attached hydrogen (secondary N) is 3. The lowest BCUT2D eigenvalue weighted by atomic mass is 9.90. The second-order valence-corrected chi connectivity index (χ2v) is 10.9. The van der Waals surface area contributed by atoms with Crippen molar-refractivity contribution in [2.24, 2.45) is 11.7 Å². The standard InChI is InChI=1S/C25H36N8O2S/c1-16-12-22(32-31-16)28-23-20-6-11-36-24(20)30-25(29-23)27-19-5-3-2-4-17(13-18(26)14-19)21(34)15-33-7-9-35-10-8-33/h6,11-12,17-19H,2-5,7-10,13-15,26H2,1H3,(H3,27,28,29,30,31,32). The van der Waals surface area contributed by atoms with Gasteiger partial charge < -0.3 is 21.1 Å². The van der Waals surface area contributed by atoms with E-state index < -0.39 is 0 Å². The van der Waals surface area contributed by atoms with Gasteiger partial charge in [0.15, 0.2) is 5.82 Å². The highest BCUT2D eigenvalue weighted by Crippen LogP contribution is 2.30. The average Bonchev–Trinajstić information content (AvgIpc) is 3.51. The van der Waals surface area contributed by atoms with Gasteiger partial charge in [-0.2, -0.15) is 10.1 Å². The molecule has 36 heavy (non-hydrogen) atoms. The zero-order valence-corrected chi connectivity index (χ0v) is 21.6. The molecule has 194 valence electrons. The van der Waals surface area contributed by atoms with Gasteiger partial charge in [-0.15, -0.1) is 11.3 Å². The van der Waals surface area contributed by atoms with E-state index in [2.05, 4.69) is 25.7 Å². The predicted molar refractivity (Wildman–Crippen MR) is 143 cm³/mol. The minimum Gasteiger partial charge on any atom is -0.379 e. The molecule has 10 nitrogen and oxygen atoms in total. The maximum Gasteiger partial charge on any atom is 0.226 e. The molecular formula is C25H36N8O2S. The lowest BCUT2D eigenvalue weighted by molar-refractivity contribution is -0.125. The number of nitrogens with zero attached hydrogens (tertiary/aromatic N) is 4. The molecule has 5 rings (SSSR count). The van der Waals surface area contributed by atoms with Crippen molar-refractivity contribution in [2.75, 3.05) is 43.5 Å². The number of fused-ring (bicyclic) bond motifs is 1. The molecule has 1 saturated carbocycles. The van der Waals surface area contributed by atoms with Gasteiger partial charge in [-0.1, -0.05) is 12.8 Å². The molecule has 0 amide bonds. The minimum absolute atomic E-state index is 0.0356. The summed E-state index contributed by atoms with van der Waals surface area (Å²) < 4.78 is 5.42. The first kappa shape index (κ1) is 25.1. The molecule has 0 aromatic carbocycles. The van der Waals surface area contributed by atoms with E-state index in [0.717, 1.165) is 79.2 Å². The Bertz CT molecular complexity index is 1160. The molecule has 0 spiro atoms. The molecule has 3 atom stereocenters. The number of H-pyrrole nitrogens is 1. The number of carbonyl (C=O) groups excluding carboxylic acids is 1. The lowest BCUT2D eigenvalue weighted by Crippen LogP contribution is -2.42. The minimum atomic E-state index is -0.0469. The number of ketones is 1. The Kier molecular flexibility index (Phi) is 8.10. The molecule has 5 N–H and O–H groups in total. The molecular weight excluding hydrogens is 476 g/mol. The van der Waals surface area contributed by atoms with Crippen LogP contribution in [0.2, 0.25) is 0 Å². The molecule has 1 aliphatic carbocycles. The van der Waals surface area contributed by atoms with E-state index in [4.69, 9.17) is 20.4 Å². The number of anilines is 3. The zero-order valence-electron chi connectivity index (χ0n) is 20.8. The molecule has 3 aromatic rings. The number of Topliss-reactive ketones (excluding diaryl/α,β-unsaturated/α-hetero) is 1. The monoisotopic (exact) mass is 512 g/mol. The first-order chi connectivity index (χ1) is 17.5. The Morgan fingerprint density at radius 3 is 2.89 bits per heavy atom. The third-order valence-corrected chi connectivity index (χ3v) is 7.89. The number of hydrogen-bond acceptors (Lipinski definition) is 10. The number of aromatic amines is 1. The summed E-state index contributed by atoms with van der Waals surface area (Å²) >= 11 is 1.59. The first-order valence-electron chi connectivity index (χ1n) is 12.9. The smallest absolute Gasteiger partial charge is 0.226 e. The van der Waals surface area contributed by atoms with Crippen LogP contribution in [0.3, 0.4) is 0 Å². The van der Waals surface area contributed by atoms with E-state index in [0.29, 0.717) is 31.5 Å². The number of aromatic nitrogens is 4. The molecule has 4 heterocycles. The van der Waals surface area contributed by atoms with Gasteiger partial charge in [-0.05, 0) is 44.1 Å². The second-order valence-electron chi connectivity index (χ2n) is 10.0. The quantitative estimate of drug-likeness (QED) is 0.375. The normalized spacial score (nSPS) is 24.1. The maximum absolute atomic E-state index is 13.1. The van der Waals surface area contributed by atoms with Crippen molar-refractivity contribution >= 4 is 44.9 Å². The summed E-state index contributed by atoms with van der Waals surface area (Å²) in [6, 6.07) is 4.08. The van der Waals surface area contributed by atoms with E-state index in [1.165, 1.54) is 0 Å². The van der Waals surface area contributed by atoms with Crippen LogP contribution in [0.4, 0.5) is 17.6 Å². The zero-order chi connectivity index (χ0) is 24.9. The van der Waals surface area contributed by atoms with Crippen LogP contribution in [0.1, 0.15) is 44.2 Å². The van der Waals surface area contributed by atoms with Crippen LogP contribution in [0.15, 0.2) is 17.5 Å². The summed E-state index contributed by atoms with van der Waals surface area (Å²) in [6.07, 6.45) is 5.49. The van der Waals surface area contributed by atoms with Crippen LogP contribution in [-0.4, -0.2) is 75.8 Å². The molecule has 2 fully saturated rings. The number of thiophene rings is 1. The van der Waals surface area contributed by atoms with E-state index >= 15 is 0 Å². The number of nitrogens with two attached hydrogens (primary N) is 1. The van der Waals surface area contributed by atoms with Crippen molar-refractivity contribution in [3.8, 4) is 0 Å². The molecule has 11 heteroatoms. The van der Waals surface area contributed by atoms with Crippen LogP contribution < -0.4 is 16.4 Å². The van der Waals surface area contributed by atoms with E-state index in [9.17, 15) is 4.79 Å². The van der Waals surface area contributed by atoms with Gasteiger partial charge in [0, 0.05) is 42.9 Å². The second kappa shape index (κ2) is 11.6. The van der Waals surface area contributed by atoms with Crippen molar-refractivity contribution in [2.45, 2.75) is 57.5 Å². The Balaban J connectivity index is 1.24. The third-order valence-electron chi connectivity index (χ3n) is 7.08. The number of carbonyl (C=O) groups is 1. The van der Waals surface area contributed by atoms with Crippen molar-refractivity contribution < 1.29 is 9.53 Å². The molecule has 3 aromatic heterocycles. The summed E-state index contributed by atoms with van der Waals surface area (Å²) in [4.78, 5) is 25.7. The molecule has 0 bridgehead atoms. The number of hydrogen-bond donors (Lipinski definition) is 4. The van der Waals surface area contributed by atoms with Gasteiger partial charge in [-0.3, -0.25) is 14.8 Å². The fraction of sp³-hybridized carbons (Fsp3) is 0.600. The van der Waals surface area contributed by atoms with Gasteiger partial charge in [0.2, 0.25) is 5.95 Å². The van der Waals surface area contributed by atoms with Crippen LogP contribution in [0.25, 0.3) is 10.2 Å². The van der Waals surface area contributed by atoms with Gasteiger partial charge >= 0.3 is 0 Å². The van der Waals surface area contributed by atoms with Crippen LogP contribution in [0.5, 0.6) is 0 Å². The van der Waals surface area contributed by atoms with Crippen LogP contribution in [0, 0.1) is 12.8 Å². The molecule has 1 aliphatic heterocycles. The molecule has 1 saturated heterocycles. The maximum atomic E-state index is 13.1. The summed E-state index contributed by atoms with van der Waals surface area (Å²) in [5, 5.41) is 17.1. The number of rotatable bonds is 7. The summed E-state index contributed by atoms with van der Waals surface area (Å²) in [5.41, 5.74) is 7.58. The number of ether oxygens (including phenoxy) is 1. The van der Waals surface area contributed by atoms with E-state index in [1.54, 1.807) is 11.3 Å². The molecule has 0 radical (unpaired) electrons. The van der Waals surface area contributed by atoms with Crippen molar-refractivity contribution in [3.05, 3.63) is 23.2 Å². The van der Waals surface area contributed by atoms with Crippen molar-refractivity contribution in [3.63, 3.8) is 0 Å². The van der Waals surface area contributed by atoms with Crippen molar-refractivity contribution in [1.29, 1.82) is 0 Å². The van der Waals surface area contributed by atoms with Crippen molar-refractivity contribution in [1.82, 2.24) is 25.1 Å². The lowest BCUT2D eigenvalue weighted by Gasteiger charge is -2.28. The highest BCUT2D eigenvalue weighted by molar-refractivity contribution is 7.16. The third kappa shape index (κ3) is 6.39. The fourth-order valence-electron chi connectivity index (χ4n) is 5.18. The summed E-state index contributed by atoms with van der Waals surface area (Å²) in [7, 11) is 0. The van der Waals surface area contributed by atoms with E-state index in [-0.39, 0.29) is 18.0 Å². The number of morpholine rings is 1. The highest BCUT2D eigenvalue weighted by atomic mass is 32.1. The topological polar surface area (TPSA) is 134 Å². The fourth-order valence-corrected chi connectivity index (χ4v) is 5.94. The SMILES string of the molecule is Cc1cc(Nc2nc(NC3CCCCC(C(=O)CN4CCOCC4)CC(N)C3)nc3sccc23)n[nH]1. The average molecular weight is 513 g/mol. The van der Waals surface area contributed by atoms with E-state index in [1.807, 2.05) is 24.4 Å². The summed E-state index contributed by atoms with van der Waals surface area (Å²) in [5.74, 6) is 2.41. The van der Waals surface area contributed by atoms with Gasteiger partial charge in [0.1, 0.15) is 16.4 Å². The van der Waals surface area contributed by atoms with Gasteiger partial charge in [0.05, 0.1) is 25.1 Å². The Labute approximate surface area is 215 Å². The van der Waals surface area contributed by atoms with Crippen LogP contribution in [-0.2, 0) is 9.53 Å². The first-order valence-corrected chi connectivity index (χ1v) is 13.8. The molecule has 2 aliphatic rings. The number of aryl methyl sites for hydroxylation is 1. The summed E-state index contributed by atoms with van der Waals surface area (Å²) in [6.45, 7) is 5.57.